The van der Waals surface area contributed by atoms with E-state index in [0.717, 1.165) is 5.56 Å². The minimum atomic E-state index is -0.562. The smallest absolute Gasteiger partial charge is 0.289 e. The number of benzene rings is 1. The van der Waals surface area contributed by atoms with Gasteiger partial charge < -0.3 is 5.32 Å². The molecule has 1 heterocycles. The van der Waals surface area contributed by atoms with Crippen LogP contribution in [0.25, 0.3) is 0 Å². The Morgan fingerprint density at radius 1 is 1.58 bits per heavy atom. The van der Waals surface area contributed by atoms with Crippen molar-refractivity contribution in [3.8, 4) is 6.07 Å². The van der Waals surface area contributed by atoms with Crippen molar-refractivity contribution in [2.45, 2.75) is 6.54 Å². The van der Waals surface area contributed by atoms with Crippen molar-refractivity contribution < 1.29 is 4.92 Å². The van der Waals surface area contributed by atoms with Gasteiger partial charge in [-0.1, -0.05) is 0 Å². The Balaban J connectivity index is 2.15. The number of hydrogen-bond acceptors (Lipinski definition) is 5. The van der Waals surface area contributed by atoms with Crippen molar-refractivity contribution >= 4 is 11.4 Å². The standard InChI is InChI=1S/C12H11N5O2/c1-16-8-9(7-15-16)6-14-11-3-2-10(5-13)12(4-11)17(18)19/h2-4,7-8,14H,6H2,1H3. The van der Waals surface area contributed by atoms with E-state index in [9.17, 15) is 10.1 Å². The van der Waals surface area contributed by atoms with Gasteiger partial charge in [0.15, 0.2) is 0 Å². The van der Waals surface area contributed by atoms with Crippen molar-refractivity contribution in [1.82, 2.24) is 9.78 Å². The summed E-state index contributed by atoms with van der Waals surface area (Å²) in [7, 11) is 1.82. The Labute approximate surface area is 109 Å². The molecule has 0 saturated heterocycles. The van der Waals surface area contributed by atoms with Crippen LogP contribution in [0.3, 0.4) is 0 Å². The molecule has 0 aliphatic rings. The third-order valence-electron chi connectivity index (χ3n) is 2.57. The molecule has 0 bridgehead atoms. The van der Waals surface area contributed by atoms with E-state index in [-0.39, 0.29) is 11.3 Å². The summed E-state index contributed by atoms with van der Waals surface area (Å²) < 4.78 is 1.68. The zero-order chi connectivity index (χ0) is 13.8. The topological polar surface area (TPSA) is 96.8 Å². The molecule has 0 spiro atoms. The molecule has 1 aromatic carbocycles. The summed E-state index contributed by atoms with van der Waals surface area (Å²) in [6, 6.07) is 6.23. The highest BCUT2D eigenvalue weighted by Crippen LogP contribution is 2.22. The van der Waals surface area contributed by atoms with Crippen molar-refractivity contribution in [3.05, 3.63) is 51.8 Å². The van der Waals surface area contributed by atoms with Crippen molar-refractivity contribution in [1.29, 1.82) is 5.26 Å². The molecule has 0 amide bonds. The highest BCUT2D eigenvalue weighted by Gasteiger charge is 2.14. The number of rotatable bonds is 4. The van der Waals surface area contributed by atoms with Gasteiger partial charge in [0.2, 0.25) is 0 Å². The van der Waals surface area contributed by atoms with E-state index in [1.54, 1.807) is 23.0 Å². The maximum absolute atomic E-state index is 10.8. The zero-order valence-electron chi connectivity index (χ0n) is 10.2. The van der Waals surface area contributed by atoms with Gasteiger partial charge in [-0.05, 0) is 12.1 Å². The van der Waals surface area contributed by atoms with Crippen LogP contribution in [0, 0.1) is 21.4 Å². The lowest BCUT2D eigenvalue weighted by Gasteiger charge is -2.05. The SMILES string of the molecule is Cn1cc(CNc2ccc(C#N)c([N+](=O)[O-])c2)cn1. The molecule has 0 aliphatic heterocycles. The van der Waals surface area contributed by atoms with Crippen molar-refractivity contribution in [2.75, 3.05) is 5.32 Å². The summed E-state index contributed by atoms with van der Waals surface area (Å²) in [5, 5.41) is 26.7. The van der Waals surface area contributed by atoms with Crippen LogP contribution in [-0.4, -0.2) is 14.7 Å². The number of hydrogen-bond donors (Lipinski definition) is 1. The summed E-state index contributed by atoms with van der Waals surface area (Å²) >= 11 is 0. The molecule has 0 atom stereocenters. The van der Waals surface area contributed by atoms with Gasteiger partial charge in [0.05, 0.1) is 11.1 Å². The molecule has 7 heteroatoms. The molecular weight excluding hydrogens is 246 g/mol. The first-order chi connectivity index (χ1) is 9.10. The summed E-state index contributed by atoms with van der Waals surface area (Å²) in [4.78, 5) is 10.3. The van der Waals surface area contributed by atoms with Gasteiger partial charge in [-0.25, -0.2) is 0 Å². The van der Waals surface area contributed by atoms with E-state index in [1.807, 2.05) is 13.2 Å². The van der Waals surface area contributed by atoms with Crippen LogP contribution in [0.2, 0.25) is 0 Å². The summed E-state index contributed by atoms with van der Waals surface area (Å²) in [5.74, 6) is 0. The molecule has 0 unspecified atom stereocenters. The Kier molecular flexibility index (Phi) is 3.43. The van der Waals surface area contributed by atoms with Crippen LogP contribution < -0.4 is 5.32 Å². The van der Waals surface area contributed by atoms with E-state index in [4.69, 9.17) is 5.26 Å². The second-order valence-corrected chi connectivity index (χ2v) is 3.98. The summed E-state index contributed by atoms with van der Waals surface area (Å²) in [6.07, 6.45) is 3.57. The first kappa shape index (κ1) is 12.6. The average molecular weight is 257 g/mol. The molecule has 2 aromatic rings. The van der Waals surface area contributed by atoms with E-state index in [2.05, 4.69) is 10.4 Å². The molecule has 19 heavy (non-hydrogen) atoms. The van der Waals surface area contributed by atoms with Crippen LogP contribution in [0.15, 0.2) is 30.6 Å². The number of nitriles is 1. The number of nitrogens with one attached hydrogen (secondary N) is 1. The van der Waals surface area contributed by atoms with Crippen molar-refractivity contribution in [3.63, 3.8) is 0 Å². The predicted molar refractivity (Wildman–Crippen MR) is 68.3 cm³/mol. The Hall–Kier alpha value is -2.88. The highest BCUT2D eigenvalue weighted by atomic mass is 16.6. The van der Waals surface area contributed by atoms with E-state index < -0.39 is 4.92 Å². The maximum atomic E-state index is 10.8. The van der Waals surface area contributed by atoms with Crippen LogP contribution in [0.5, 0.6) is 0 Å². The van der Waals surface area contributed by atoms with Gasteiger partial charge in [0, 0.05) is 37.1 Å². The van der Waals surface area contributed by atoms with E-state index >= 15 is 0 Å². The first-order valence-electron chi connectivity index (χ1n) is 5.50. The van der Waals surface area contributed by atoms with E-state index in [1.165, 1.54) is 12.1 Å². The molecule has 1 N–H and O–H groups in total. The van der Waals surface area contributed by atoms with Crippen molar-refractivity contribution in [2.24, 2.45) is 7.05 Å². The lowest BCUT2D eigenvalue weighted by molar-refractivity contribution is -0.385. The number of nitrogens with zero attached hydrogens (tertiary/aromatic N) is 4. The number of nitro groups is 1. The molecule has 1 aromatic heterocycles. The molecule has 0 fully saturated rings. The quantitative estimate of drug-likeness (QED) is 0.665. The second-order valence-electron chi connectivity index (χ2n) is 3.98. The molecule has 0 radical (unpaired) electrons. The van der Waals surface area contributed by atoms with Gasteiger partial charge in [-0.2, -0.15) is 10.4 Å². The normalized spacial score (nSPS) is 9.89. The largest absolute Gasteiger partial charge is 0.381 e. The monoisotopic (exact) mass is 257 g/mol. The second kappa shape index (κ2) is 5.18. The minimum absolute atomic E-state index is 0.0527. The summed E-state index contributed by atoms with van der Waals surface area (Å²) in [6.45, 7) is 0.511. The third-order valence-corrected chi connectivity index (χ3v) is 2.57. The molecule has 2 rings (SSSR count). The molecule has 0 aliphatic carbocycles. The van der Waals surface area contributed by atoms with Crippen LogP contribution in [-0.2, 0) is 13.6 Å². The number of anilines is 1. The van der Waals surface area contributed by atoms with E-state index in [0.29, 0.717) is 12.2 Å². The van der Waals surface area contributed by atoms with Gasteiger partial charge >= 0.3 is 0 Å². The van der Waals surface area contributed by atoms with Crippen LogP contribution in [0.1, 0.15) is 11.1 Å². The Bertz CT molecular complexity index is 656. The third kappa shape index (κ3) is 2.87. The fourth-order valence-electron chi connectivity index (χ4n) is 1.65. The fourth-order valence-corrected chi connectivity index (χ4v) is 1.65. The molecule has 0 saturated carbocycles. The molecule has 96 valence electrons. The fraction of sp³-hybridized carbons (Fsp3) is 0.167. The van der Waals surface area contributed by atoms with Gasteiger partial charge in [-0.15, -0.1) is 0 Å². The lowest BCUT2D eigenvalue weighted by atomic mass is 10.1. The number of aryl methyl sites for hydroxylation is 1. The first-order valence-corrected chi connectivity index (χ1v) is 5.50. The van der Waals surface area contributed by atoms with Gasteiger partial charge in [0.25, 0.3) is 5.69 Å². The average Bonchev–Trinajstić information content (AvgIpc) is 2.81. The molecule has 7 nitrogen and oxygen atoms in total. The highest BCUT2D eigenvalue weighted by molar-refractivity contribution is 5.59. The van der Waals surface area contributed by atoms with Gasteiger partial charge in [-0.3, -0.25) is 14.8 Å². The Morgan fingerprint density at radius 3 is 2.95 bits per heavy atom. The lowest BCUT2D eigenvalue weighted by Crippen LogP contribution is -2.00. The molecular formula is C12H11N5O2. The van der Waals surface area contributed by atoms with Crippen LogP contribution >= 0.6 is 0 Å². The zero-order valence-corrected chi connectivity index (χ0v) is 10.2. The summed E-state index contributed by atoms with van der Waals surface area (Å²) in [5.41, 5.74) is 1.42. The Morgan fingerprint density at radius 2 is 2.37 bits per heavy atom. The van der Waals surface area contributed by atoms with Gasteiger partial charge in [0.1, 0.15) is 11.6 Å². The van der Waals surface area contributed by atoms with Crippen LogP contribution in [0.4, 0.5) is 11.4 Å². The number of nitro benzene ring substituents is 1. The predicted octanol–water partition coefficient (Wildman–Crippen LogP) is 1.81. The number of aromatic nitrogens is 2. The maximum Gasteiger partial charge on any atom is 0.289 e. The minimum Gasteiger partial charge on any atom is -0.381 e.